The quantitative estimate of drug-likeness (QED) is 0.535. The molecule has 138 valence electrons. The van der Waals surface area contributed by atoms with E-state index in [1.807, 2.05) is 0 Å². The molecule has 4 unspecified atom stereocenters. The zero-order valence-corrected chi connectivity index (χ0v) is 16.6. The third kappa shape index (κ3) is 3.99. The molecule has 0 saturated heterocycles. The van der Waals surface area contributed by atoms with E-state index in [1.165, 1.54) is 50.5 Å². The van der Waals surface area contributed by atoms with E-state index in [2.05, 4.69) is 38.1 Å². The molecule has 1 aromatic rings. The minimum Gasteiger partial charge on any atom is -0.0651 e. The standard InChI is InChI=1S/C25H38/c1-3-19-6-10-21(11-7-19)23-13-15-24-16-22(12-14-25(24)17-23)20-8-4-18(2)5-9-20/h4-5,8-9,19,21-25H,3,6-7,10-17H2,1-2H3. The molecule has 4 atom stereocenters. The summed E-state index contributed by atoms with van der Waals surface area (Å²) in [5.41, 5.74) is 3.01. The fourth-order valence-corrected chi connectivity index (χ4v) is 6.56. The van der Waals surface area contributed by atoms with Crippen LogP contribution in [0.3, 0.4) is 0 Å². The van der Waals surface area contributed by atoms with Crippen LogP contribution < -0.4 is 0 Å². The zero-order valence-electron chi connectivity index (χ0n) is 16.6. The van der Waals surface area contributed by atoms with Gasteiger partial charge in [0.25, 0.3) is 0 Å². The van der Waals surface area contributed by atoms with Crippen LogP contribution in [-0.2, 0) is 0 Å². The van der Waals surface area contributed by atoms with E-state index >= 15 is 0 Å². The van der Waals surface area contributed by atoms with Crippen LogP contribution in [-0.4, -0.2) is 0 Å². The molecule has 0 N–H and O–H groups in total. The second-order valence-corrected chi connectivity index (χ2v) is 9.70. The lowest BCUT2D eigenvalue weighted by Gasteiger charge is -2.45. The summed E-state index contributed by atoms with van der Waals surface area (Å²) in [5, 5.41) is 0. The van der Waals surface area contributed by atoms with Gasteiger partial charge in [0.1, 0.15) is 0 Å². The molecule has 0 heteroatoms. The zero-order chi connectivity index (χ0) is 17.2. The highest BCUT2D eigenvalue weighted by Gasteiger charge is 2.38. The minimum atomic E-state index is 0.846. The van der Waals surface area contributed by atoms with Crippen LogP contribution in [0, 0.1) is 36.5 Å². The second-order valence-electron chi connectivity index (χ2n) is 9.70. The fourth-order valence-electron chi connectivity index (χ4n) is 6.56. The summed E-state index contributed by atoms with van der Waals surface area (Å²) < 4.78 is 0. The fraction of sp³-hybridized carbons (Fsp3) is 0.760. The molecule has 3 saturated carbocycles. The SMILES string of the molecule is CCC1CCC(C2CCC3CC(c4ccc(C)cc4)CCC3C2)CC1. The molecule has 0 radical (unpaired) electrons. The van der Waals surface area contributed by atoms with E-state index in [4.69, 9.17) is 0 Å². The topological polar surface area (TPSA) is 0 Å². The average Bonchev–Trinajstić information content (AvgIpc) is 2.68. The number of rotatable bonds is 3. The first kappa shape index (κ1) is 17.6. The van der Waals surface area contributed by atoms with E-state index in [-0.39, 0.29) is 0 Å². The van der Waals surface area contributed by atoms with Crippen LogP contribution in [0.4, 0.5) is 0 Å². The Morgan fingerprint density at radius 2 is 1.24 bits per heavy atom. The summed E-state index contributed by atoms with van der Waals surface area (Å²) in [6.45, 7) is 4.60. The number of benzene rings is 1. The third-order valence-electron chi connectivity index (χ3n) is 8.34. The third-order valence-corrected chi connectivity index (χ3v) is 8.34. The minimum absolute atomic E-state index is 0.846. The van der Waals surface area contributed by atoms with Gasteiger partial charge in [-0.25, -0.2) is 0 Å². The van der Waals surface area contributed by atoms with Crippen molar-refractivity contribution in [1.82, 2.24) is 0 Å². The molecule has 0 spiro atoms. The molecule has 0 nitrogen and oxygen atoms in total. The normalized spacial score (nSPS) is 39.0. The highest BCUT2D eigenvalue weighted by molar-refractivity contribution is 5.25. The van der Waals surface area contributed by atoms with E-state index in [1.54, 1.807) is 31.2 Å². The molecule has 0 heterocycles. The van der Waals surface area contributed by atoms with Crippen molar-refractivity contribution in [2.24, 2.45) is 29.6 Å². The van der Waals surface area contributed by atoms with Gasteiger partial charge in [-0.2, -0.15) is 0 Å². The molecule has 3 aliphatic carbocycles. The van der Waals surface area contributed by atoms with Gasteiger partial charge in [-0.1, -0.05) is 56.0 Å². The van der Waals surface area contributed by atoms with Gasteiger partial charge in [0.15, 0.2) is 0 Å². The molecule has 0 aromatic heterocycles. The summed E-state index contributed by atoms with van der Waals surface area (Å²) in [5.74, 6) is 6.15. The van der Waals surface area contributed by atoms with Crippen molar-refractivity contribution in [1.29, 1.82) is 0 Å². The van der Waals surface area contributed by atoms with Crippen molar-refractivity contribution in [2.75, 3.05) is 0 Å². The average molecular weight is 339 g/mol. The second kappa shape index (κ2) is 7.85. The predicted molar refractivity (Wildman–Crippen MR) is 108 cm³/mol. The van der Waals surface area contributed by atoms with Crippen LogP contribution in [0.25, 0.3) is 0 Å². The van der Waals surface area contributed by atoms with E-state index in [0.29, 0.717) is 0 Å². The monoisotopic (exact) mass is 338 g/mol. The number of hydrogen-bond acceptors (Lipinski definition) is 0. The largest absolute Gasteiger partial charge is 0.0651 e. The Hall–Kier alpha value is -0.780. The lowest BCUT2D eigenvalue weighted by Crippen LogP contribution is -2.34. The van der Waals surface area contributed by atoms with Gasteiger partial charge in [-0.05, 0) is 99.4 Å². The molecular weight excluding hydrogens is 300 g/mol. The molecule has 1 aromatic carbocycles. The Kier molecular flexibility index (Phi) is 5.53. The predicted octanol–water partition coefficient (Wildman–Crippen LogP) is 7.51. The van der Waals surface area contributed by atoms with Gasteiger partial charge < -0.3 is 0 Å². The summed E-state index contributed by atoms with van der Waals surface area (Å²) in [6.07, 6.45) is 16.7. The van der Waals surface area contributed by atoms with Crippen molar-refractivity contribution >= 4 is 0 Å². The van der Waals surface area contributed by atoms with Crippen LogP contribution in [0.2, 0.25) is 0 Å². The van der Waals surface area contributed by atoms with Gasteiger partial charge in [0, 0.05) is 0 Å². The maximum Gasteiger partial charge on any atom is -0.0159 e. The molecule has 3 aliphatic rings. The van der Waals surface area contributed by atoms with Gasteiger partial charge in [-0.3, -0.25) is 0 Å². The van der Waals surface area contributed by atoms with Crippen molar-refractivity contribution in [3.05, 3.63) is 35.4 Å². The lowest BCUT2D eigenvalue weighted by molar-refractivity contribution is 0.0716. The van der Waals surface area contributed by atoms with Crippen molar-refractivity contribution in [2.45, 2.75) is 90.4 Å². The van der Waals surface area contributed by atoms with E-state index in [0.717, 1.165) is 35.5 Å². The Labute approximate surface area is 155 Å². The van der Waals surface area contributed by atoms with E-state index in [9.17, 15) is 0 Å². The maximum atomic E-state index is 2.40. The molecular formula is C25H38. The molecule has 0 aliphatic heterocycles. The van der Waals surface area contributed by atoms with Crippen molar-refractivity contribution < 1.29 is 0 Å². The van der Waals surface area contributed by atoms with Crippen LogP contribution in [0.1, 0.15) is 94.6 Å². The van der Waals surface area contributed by atoms with Crippen molar-refractivity contribution in [3.63, 3.8) is 0 Å². The first-order valence-electron chi connectivity index (χ1n) is 11.3. The van der Waals surface area contributed by atoms with Crippen LogP contribution in [0.5, 0.6) is 0 Å². The summed E-state index contributed by atoms with van der Waals surface area (Å²) in [4.78, 5) is 0. The molecule has 3 fully saturated rings. The molecule has 0 bridgehead atoms. The van der Waals surface area contributed by atoms with Crippen molar-refractivity contribution in [3.8, 4) is 0 Å². The summed E-state index contributed by atoms with van der Waals surface area (Å²) in [6, 6.07) is 9.42. The lowest BCUT2D eigenvalue weighted by atomic mass is 9.60. The van der Waals surface area contributed by atoms with Gasteiger partial charge in [0.2, 0.25) is 0 Å². The number of fused-ring (bicyclic) bond motifs is 1. The smallest absolute Gasteiger partial charge is 0.0159 e. The van der Waals surface area contributed by atoms with Gasteiger partial charge in [0.05, 0.1) is 0 Å². The highest BCUT2D eigenvalue weighted by Crippen LogP contribution is 2.50. The highest BCUT2D eigenvalue weighted by atomic mass is 14.4. The molecule has 25 heavy (non-hydrogen) atoms. The Bertz CT molecular complexity index is 534. The molecule has 0 amide bonds. The number of hydrogen-bond donors (Lipinski definition) is 0. The molecule has 4 rings (SSSR count). The summed E-state index contributed by atoms with van der Waals surface area (Å²) >= 11 is 0. The van der Waals surface area contributed by atoms with Gasteiger partial charge >= 0.3 is 0 Å². The number of aryl methyl sites for hydroxylation is 1. The Morgan fingerprint density at radius 1 is 0.680 bits per heavy atom. The van der Waals surface area contributed by atoms with Crippen LogP contribution >= 0.6 is 0 Å². The Morgan fingerprint density at radius 3 is 1.92 bits per heavy atom. The first-order chi connectivity index (χ1) is 12.2. The van der Waals surface area contributed by atoms with Gasteiger partial charge in [-0.15, -0.1) is 0 Å². The van der Waals surface area contributed by atoms with Crippen LogP contribution in [0.15, 0.2) is 24.3 Å². The first-order valence-corrected chi connectivity index (χ1v) is 11.3. The Balaban J connectivity index is 1.32. The summed E-state index contributed by atoms with van der Waals surface area (Å²) in [7, 11) is 0. The maximum absolute atomic E-state index is 2.40. The van der Waals surface area contributed by atoms with E-state index < -0.39 is 0 Å².